The van der Waals surface area contributed by atoms with E-state index in [0.29, 0.717) is 23.7 Å². The van der Waals surface area contributed by atoms with Crippen LogP contribution in [0, 0.1) is 0 Å². The van der Waals surface area contributed by atoms with Gasteiger partial charge in [-0.1, -0.05) is 46.3 Å². The van der Waals surface area contributed by atoms with E-state index in [2.05, 4.69) is 21.2 Å². The topological polar surface area (TPSA) is 56.8 Å². The second kappa shape index (κ2) is 10.2. The number of rotatable bonds is 8. The summed E-state index contributed by atoms with van der Waals surface area (Å²) in [6.07, 6.45) is 0. The molecule has 30 heavy (non-hydrogen) atoms. The zero-order valence-electron chi connectivity index (χ0n) is 17.1. The quantitative estimate of drug-likeness (QED) is 0.480. The summed E-state index contributed by atoms with van der Waals surface area (Å²) in [5.74, 6) is 1.80. The Hall–Kier alpha value is -2.99. The summed E-state index contributed by atoms with van der Waals surface area (Å²) in [6, 6.07) is 20.1. The van der Waals surface area contributed by atoms with Gasteiger partial charge in [-0.25, -0.2) is 0 Å². The summed E-state index contributed by atoms with van der Waals surface area (Å²) >= 11 is 3.62. The molecule has 6 heteroatoms. The average Bonchev–Trinajstić information content (AvgIpc) is 2.78. The van der Waals surface area contributed by atoms with Crippen LogP contribution in [0.15, 0.2) is 71.2 Å². The maximum absolute atomic E-state index is 13.0. The molecular formula is C24H24BrNO4. The lowest BCUT2D eigenvalue weighted by molar-refractivity contribution is 0.0943. The molecule has 0 fully saturated rings. The predicted molar refractivity (Wildman–Crippen MR) is 121 cm³/mol. The number of carbonyl (C=O) groups is 1. The van der Waals surface area contributed by atoms with E-state index in [4.69, 9.17) is 14.2 Å². The van der Waals surface area contributed by atoms with Gasteiger partial charge in [-0.05, 0) is 54.4 Å². The fourth-order valence-corrected chi connectivity index (χ4v) is 3.71. The van der Waals surface area contributed by atoms with E-state index in [9.17, 15) is 4.79 Å². The first kappa shape index (κ1) is 21.7. The zero-order chi connectivity index (χ0) is 21.5. The Labute approximate surface area is 185 Å². The molecule has 0 bridgehead atoms. The molecule has 1 N–H and O–H groups in total. The summed E-state index contributed by atoms with van der Waals surface area (Å²) in [5.41, 5.74) is 2.35. The molecule has 0 aromatic heterocycles. The zero-order valence-corrected chi connectivity index (χ0v) is 18.7. The van der Waals surface area contributed by atoms with Crippen LogP contribution >= 0.6 is 15.9 Å². The van der Waals surface area contributed by atoms with Crippen LogP contribution < -0.4 is 19.5 Å². The Kier molecular flexibility index (Phi) is 7.36. The second-order valence-electron chi connectivity index (χ2n) is 6.50. The van der Waals surface area contributed by atoms with Crippen molar-refractivity contribution >= 4 is 21.8 Å². The first-order valence-corrected chi connectivity index (χ1v) is 10.4. The van der Waals surface area contributed by atoms with Crippen LogP contribution in [0.2, 0.25) is 0 Å². The lowest BCUT2D eigenvalue weighted by atomic mass is 9.97. The van der Waals surface area contributed by atoms with Crippen LogP contribution in [0.3, 0.4) is 0 Å². The third-order valence-electron chi connectivity index (χ3n) is 4.65. The van der Waals surface area contributed by atoms with Crippen LogP contribution in [0.5, 0.6) is 17.2 Å². The molecular weight excluding hydrogens is 446 g/mol. The van der Waals surface area contributed by atoms with E-state index in [1.54, 1.807) is 26.4 Å². The van der Waals surface area contributed by atoms with Gasteiger partial charge < -0.3 is 19.5 Å². The van der Waals surface area contributed by atoms with Gasteiger partial charge in [0, 0.05) is 10.0 Å². The van der Waals surface area contributed by atoms with Crippen molar-refractivity contribution in [1.82, 2.24) is 5.32 Å². The number of ether oxygens (including phenoxy) is 3. The third kappa shape index (κ3) is 4.94. The van der Waals surface area contributed by atoms with Crippen molar-refractivity contribution in [3.8, 4) is 17.2 Å². The third-order valence-corrected chi connectivity index (χ3v) is 5.34. The van der Waals surface area contributed by atoms with Crippen LogP contribution in [-0.4, -0.2) is 26.7 Å². The van der Waals surface area contributed by atoms with Gasteiger partial charge in [0.2, 0.25) is 0 Å². The maximum atomic E-state index is 13.0. The minimum atomic E-state index is -0.414. The molecule has 5 nitrogen and oxygen atoms in total. The van der Waals surface area contributed by atoms with Gasteiger partial charge >= 0.3 is 0 Å². The van der Waals surface area contributed by atoms with Gasteiger partial charge in [-0.3, -0.25) is 4.79 Å². The van der Waals surface area contributed by atoms with E-state index in [-0.39, 0.29) is 5.91 Å². The standard InChI is InChI=1S/C24H24BrNO4/c1-4-30-18-12-10-16(11-13-18)23(26-24(27)17-8-6-5-7-9-17)19-14-21(28-2)22(29-3)15-20(19)25/h5-15,23H,4H2,1-3H3,(H,26,27)/t23-/m0/s1. The van der Waals surface area contributed by atoms with Crippen LogP contribution in [0.4, 0.5) is 0 Å². The Morgan fingerprint density at radius 1 is 0.967 bits per heavy atom. The highest BCUT2D eigenvalue weighted by Crippen LogP contribution is 2.38. The van der Waals surface area contributed by atoms with Crippen LogP contribution in [-0.2, 0) is 0 Å². The lowest BCUT2D eigenvalue weighted by Gasteiger charge is -2.23. The van der Waals surface area contributed by atoms with Gasteiger partial charge in [-0.15, -0.1) is 0 Å². The first-order valence-electron chi connectivity index (χ1n) is 9.57. The fourth-order valence-electron chi connectivity index (χ4n) is 3.16. The molecule has 3 aromatic rings. The van der Waals surface area contributed by atoms with Crippen LogP contribution in [0.1, 0.15) is 34.5 Å². The number of hydrogen-bond acceptors (Lipinski definition) is 4. The molecule has 0 spiro atoms. The van der Waals surface area contributed by atoms with Crippen molar-refractivity contribution in [1.29, 1.82) is 0 Å². The van der Waals surface area contributed by atoms with E-state index >= 15 is 0 Å². The summed E-state index contributed by atoms with van der Waals surface area (Å²) in [4.78, 5) is 13.0. The largest absolute Gasteiger partial charge is 0.494 e. The van der Waals surface area contributed by atoms with E-state index < -0.39 is 6.04 Å². The highest BCUT2D eigenvalue weighted by molar-refractivity contribution is 9.10. The minimum absolute atomic E-state index is 0.170. The molecule has 0 saturated carbocycles. The van der Waals surface area contributed by atoms with Gasteiger partial charge in [0.25, 0.3) is 5.91 Å². The molecule has 3 aromatic carbocycles. The Bertz CT molecular complexity index is 990. The molecule has 0 saturated heterocycles. The number of halogens is 1. The number of amides is 1. The number of hydrogen-bond donors (Lipinski definition) is 1. The maximum Gasteiger partial charge on any atom is 0.252 e. The average molecular weight is 470 g/mol. The fraction of sp³-hybridized carbons (Fsp3) is 0.208. The smallest absolute Gasteiger partial charge is 0.252 e. The molecule has 0 aliphatic carbocycles. The highest BCUT2D eigenvalue weighted by Gasteiger charge is 2.22. The highest BCUT2D eigenvalue weighted by atomic mass is 79.9. The second-order valence-corrected chi connectivity index (χ2v) is 7.36. The predicted octanol–water partition coefficient (Wildman–Crippen LogP) is 5.38. The monoisotopic (exact) mass is 469 g/mol. The Morgan fingerprint density at radius 3 is 2.20 bits per heavy atom. The van der Waals surface area contributed by atoms with Gasteiger partial charge in [0.05, 0.1) is 26.9 Å². The molecule has 0 aliphatic heterocycles. The van der Waals surface area contributed by atoms with Crippen molar-refractivity contribution in [2.24, 2.45) is 0 Å². The number of methoxy groups -OCH3 is 2. The number of nitrogens with one attached hydrogen (secondary N) is 1. The SMILES string of the molecule is CCOc1ccc([C@H](NC(=O)c2ccccc2)c2cc(OC)c(OC)cc2Br)cc1. The molecule has 1 atom stereocenters. The van der Waals surface area contributed by atoms with E-state index in [1.807, 2.05) is 61.5 Å². The van der Waals surface area contributed by atoms with Crippen molar-refractivity contribution < 1.29 is 19.0 Å². The summed E-state index contributed by atoms with van der Waals surface area (Å²) in [5, 5.41) is 3.14. The molecule has 0 radical (unpaired) electrons. The first-order chi connectivity index (χ1) is 14.6. The van der Waals surface area contributed by atoms with Gasteiger partial charge in [0.1, 0.15) is 5.75 Å². The summed E-state index contributed by atoms with van der Waals surface area (Å²) < 4.78 is 17.2. The Balaban J connectivity index is 2.04. The molecule has 3 rings (SSSR count). The Morgan fingerprint density at radius 2 is 1.60 bits per heavy atom. The van der Waals surface area contributed by atoms with Crippen molar-refractivity contribution in [2.45, 2.75) is 13.0 Å². The summed E-state index contributed by atoms with van der Waals surface area (Å²) in [7, 11) is 3.18. The lowest BCUT2D eigenvalue weighted by Crippen LogP contribution is -2.29. The number of carbonyl (C=O) groups excluding carboxylic acids is 1. The van der Waals surface area contributed by atoms with Crippen molar-refractivity contribution in [3.63, 3.8) is 0 Å². The van der Waals surface area contributed by atoms with Crippen molar-refractivity contribution in [2.75, 3.05) is 20.8 Å². The molecule has 0 aliphatic rings. The van der Waals surface area contributed by atoms with E-state index in [1.165, 1.54) is 0 Å². The van der Waals surface area contributed by atoms with E-state index in [0.717, 1.165) is 21.3 Å². The number of benzene rings is 3. The van der Waals surface area contributed by atoms with Crippen molar-refractivity contribution in [3.05, 3.63) is 87.9 Å². The van der Waals surface area contributed by atoms with Gasteiger partial charge in [-0.2, -0.15) is 0 Å². The van der Waals surface area contributed by atoms with Crippen LogP contribution in [0.25, 0.3) is 0 Å². The molecule has 156 valence electrons. The normalized spacial score (nSPS) is 11.5. The molecule has 0 heterocycles. The van der Waals surface area contributed by atoms with Gasteiger partial charge in [0.15, 0.2) is 11.5 Å². The minimum Gasteiger partial charge on any atom is -0.494 e. The molecule has 1 amide bonds. The summed E-state index contributed by atoms with van der Waals surface area (Å²) in [6.45, 7) is 2.53. The molecule has 0 unspecified atom stereocenters.